The molecular weight excluding hydrogens is 436 g/mol. The minimum Gasteiger partial charge on any atom is -0.491 e. The van der Waals surface area contributed by atoms with Crippen LogP contribution >= 0.6 is 11.6 Å². The van der Waals surface area contributed by atoms with Gasteiger partial charge in [0, 0.05) is 10.7 Å². The lowest BCUT2D eigenvalue weighted by molar-refractivity contribution is -0.120. The van der Waals surface area contributed by atoms with Crippen LogP contribution in [0.1, 0.15) is 30.5 Å². The first-order chi connectivity index (χ1) is 15.7. The predicted molar refractivity (Wildman–Crippen MR) is 133 cm³/mol. The lowest BCUT2D eigenvalue weighted by Crippen LogP contribution is -2.32. The molecule has 0 bridgehead atoms. The summed E-state index contributed by atoms with van der Waals surface area (Å²) < 4.78 is 5.69. The summed E-state index contributed by atoms with van der Waals surface area (Å²) in [4.78, 5) is 28.3. The van der Waals surface area contributed by atoms with Crippen LogP contribution < -0.4 is 15.0 Å². The number of hydrogen-bond donors (Lipinski definition) is 1. The van der Waals surface area contributed by atoms with Crippen LogP contribution in [-0.4, -0.2) is 17.9 Å². The van der Waals surface area contributed by atoms with E-state index in [2.05, 4.69) is 5.32 Å². The Morgan fingerprint density at radius 3 is 2.15 bits per heavy atom. The number of aryl methyl sites for hydroxylation is 2. The third kappa shape index (κ3) is 4.64. The Labute approximate surface area is 198 Å². The van der Waals surface area contributed by atoms with Crippen LogP contribution in [0.5, 0.6) is 5.75 Å². The second-order valence-corrected chi connectivity index (χ2v) is 8.74. The number of halogens is 1. The van der Waals surface area contributed by atoms with E-state index in [1.54, 1.807) is 36.4 Å². The van der Waals surface area contributed by atoms with E-state index in [9.17, 15) is 9.59 Å². The fourth-order valence-corrected chi connectivity index (χ4v) is 3.94. The number of carbonyl (C=O) groups excluding carboxylic acids is 2. The van der Waals surface area contributed by atoms with Gasteiger partial charge in [0.05, 0.1) is 17.4 Å². The standard InChI is InChI=1S/C27H25ClN2O3/c1-16(2)33-22-12-10-21(11-13-22)30-26(31)24(19-7-5-17(3)6-8-19)25(27(30)32)29-23-14-9-20(28)15-18(23)4/h5-16,29H,1-4H3. The lowest BCUT2D eigenvalue weighted by atomic mass is 10.0. The Morgan fingerprint density at radius 2 is 1.55 bits per heavy atom. The number of anilines is 2. The molecule has 0 fully saturated rings. The molecule has 33 heavy (non-hydrogen) atoms. The van der Waals surface area contributed by atoms with E-state index in [4.69, 9.17) is 16.3 Å². The minimum atomic E-state index is -0.414. The number of nitrogens with zero attached hydrogens (tertiary/aromatic N) is 1. The van der Waals surface area contributed by atoms with E-state index < -0.39 is 5.91 Å². The average molecular weight is 461 g/mol. The summed E-state index contributed by atoms with van der Waals surface area (Å²) in [7, 11) is 0. The van der Waals surface area contributed by atoms with Crippen LogP contribution in [0.4, 0.5) is 11.4 Å². The molecule has 4 rings (SSSR count). The summed E-state index contributed by atoms with van der Waals surface area (Å²) >= 11 is 6.09. The number of amides is 2. The van der Waals surface area contributed by atoms with Crippen LogP contribution in [0.3, 0.4) is 0 Å². The van der Waals surface area contributed by atoms with Crippen molar-refractivity contribution >= 4 is 40.4 Å². The second kappa shape index (κ2) is 9.12. The number of nitrogens with one attached hydrogen (secondary N) is 1. The highest BCUT2D eigenvalue weighted by atomic mass is 35.5. The lowest BCUT2D eigenvalue weighted by Gasteiger charge is -2.17. The van der Waals surface area contributed by atoms with Crippen molar-refractivity contribution in [3.63, 3.8) is 0 Å². The van der Waals surface area contributed by atoms with Crippen molar-refractivity contribution in [3.05, 3.63) is 94.1 Å². The van der Waals surface area contributed by atoms with Crippen molar-refractivity contribution < 1.29 is 14.3 Å². The van der Waals surface area contributed by atoms with E-state index >= 15 is 0 Å². The largest absolute Gasteiger partial charge is 0.491 e. The van der Waals surface area contributed by atoms with Gasteiger partial charge < -0.3 is 10.1 Å². The van der Waals surface area contributed by atoms with Gasteiger partial charge in [0.25, 0.3) is 11.8 Å². The van der Waals surface area contributed by atoms with Crippen LogP contribution in [0, 0.1) is 13.8 Å². The molecular formula is C27H25ClN2O3. The van der Waals surface area contributed by atoms with Gasteiger partial charge in [0.15, 0.2) is 0 Å². The molecule has 1 aliphatic heterocycles. The molecule has 0 aliphatic carbocycles. The molecule has 6 heteroatoms. The predicted octanol–water partition coefficient (Wildman–Crippen LogP) is 6.14. The third-order valence-electron chi connectivity index (χ3n) is 5.34. The first kappa shape index (κ1) is 22.6. The van der Waals surface area contributed by atoms with Crippen LogP contribution in [0.2, 0.25) is 5.02 Å². The SMILES string of the molecule is Cc1ccc(C2=C(Nc3ccc(Cl)cc3C)C(=O)N(c3ccc(OC(C)C)cc3)C2=O)cc1. The fraction of sp³-hybridized carbons (Fsp3) is 0.185. The van der Waals surface area contributed by atoms with E-state index in [0.717, 1.165) is 11.1 Å². The zero-order chi connectivity index (χ0) is 23.7. The van der Waals surface area contributed by atoms with Gasteiger partial charge in [-0.1, -0.05) is 41.4 Å². The number of imide groups is 1. The van der Waals surface area contributed by atoms with Crippen LogP contribution in [0.25, 0.3) is 5.57 Å². The highest BCUT2D eigenvalue weighted by Crippen LogP contribution is 2.35. The Kier molecular flexibility index (Phi) is 6.25. The third-order valence-corrected chi connectivity index (χ3v) is 5.57. The molecule has 1 aliphatic rings. The number of benzene rings is 3. The zero-order valence-electron chi connectivity index (χ0n) is 19.0. The molecule has 3 aromatic rings. The Hall–Kier alpha value is -3.57. The monoisotopic (exact) mass is 460 g/mol. The van der Waals surface area contributed by atoms with E-state index in [1.807, 2.05) is 58.0 Å². The van der Waals surface area contributed by atoms with Crippen LogP contribution in [-0.2, 0) is 9.59 Å². The molecule has 0 atom stereocenters. The van der Waals surface area contributed by atoms with Crippen molar-refractivity contribution in [1.82, 2.24) is 0 Å². The summed E-state index contributed by atoms with van der Waals surface area (Å²) in [5.41, 5.74) is 4.37. The van der Waals surface area contributed by atoms with Crippen molar-refractivity contribution in [2.45, 2.75) is 33.8 Å². The summed E-state index contributed by atoms with van der Waals surface area (Å²) in [5.74, 6) is -0.118. The number of rotatable bonds is 6. The van der Waals surface area contributed by atoms with Crippen molar-refractivity contribution in [3.8, 4) is 5.75 Å². The normalized spacial score (nSPS) is 13.8. The quantitative estimate of drug-likeness (QED) is 0.449. The van der Waals surface area contributed by atoms with Crippen molar-refractivity contribution in [2.24, 2.45) is 0 Å². The van der Waals surface area contributed by atoms with E-state index in [-0.39, 0.29) is 17.7 Å². The highest BCUT2D eigenvalue weighted by Gasteiger charge is 2.40. The van der Waals surface area contributed by atoms with Crippen molar-refractivity contribution in [1.29, 1.82) is 0 Å². The number of hydrogen-bond acceptors (Lipinski definition) is 4. The second-order valence-electron chi connectivity index (χ2n) is 8.31. The first-order valence-electron chi connectivity index (χ1n) is 10.7. The molecule has 0 spiro atoms. The molecule has 168 valence electrons. The smallest absolute Gasteiger partial charge is 0.282 e. The van der Waals surface area contributed by atoms with Gasteiger partial charge in [-0.25, -0.2) is 4.90 Å². The van der Waals surface area contributed by atoms with E-state index in [0.29, 0.717) is 33.3 Å². The molecule has 0 saturated heterocycles. The van der Waals surface area contributed by atoms with Gasteiger partial charge in [-0.3, -0.25) is 9.59 Å². The summed E-state index contributed by atoms with van der Waals surface area (Å²) in [6, 6.07) is 19.9. The summed E-state index contributed by atoms with van der Waals surface area (Å²) in [6.45, 7) is 7.75. The maximum absolute atomic E-state index is 13.6. The first-order valence-corrected chi connectivity index (χ1v) is 11.1. The Bertz CT molecular complexity index is 1250. The maximum atomic E-state index is 13.6. The number of ether oxygens (including phenoxy) is 1. The molecule has 3 aromatic carbocycles. The topological polar surface area (TPSA) is 58.6 Å². The van der Waals surface area contributed by atoms with Crippen molar-refractivity contribution in [2.75, 3.05) is 10.2 Å². The van der Waals surface area contributed by atoms with Gasteiger partial charge in [0.2, 0.25) is 0 Å². The highest BCUT2D eigenvalue weighted by molar-refractivity contribution is 6.46. The fourth-order valence-electron chi connectivity index (χ4n) is 3.72. The van der Waals surface area contributed by atoms with Gasteiger partial charge in [-0.05, 0) is 81.3 Å². The minimum absolute atomic E-state index is 0.0270. The zero-order valence-corrected chi connectivity index (χ0v) is 19.7. The molecule has 5 nitrogen and oxygen atoms in total. The van der Waals surface area contributed by atoms with Gasteiger partial charge in [-0.15, -0.1) is 0 Å². The van der Waals surface area contributed by atoms with E-state index in [1.165, 1.54) is 4.90 Å². The van der Waals surface area contributed by atoms with Gasteiger partial charge >= 0.3 is 0 Å². The van der Waals surface area contributed by atoms with Crippen LogP contribution in [0.15, 0.2) is 72.4 Å². The molecule has 0 radical (unpaired) electrons. The number of carbonyl (C=O) groups is 2. The van der Waals surface area contributed by atoms with Gasteiger partial charge in [0.1, 0.15) is 11.4 Å². The van der Waals surface area contributed by atoms with Gasteiger partial charge in [-0.2, -0.15) is 0 Å². The maximum Gasteiger partial charge on any atom is 0.282 e. The summed E-state index contributed by atoms with van der Waals surface area (Å²) in [5, 5.41) is 3.80. The Morgan fingerprint density at radius 1 is 0.879 bits per heavy atom. The molecule has 0 unspecified atom stereocenters. The Balaban J connectivity index is 1.76. The molecule has 1 N–H and O–H groups in total. The molecule has 0 aromatic heterocycles. The summed E-state index contributed by atoms with van der Waals surface area (Å²) in [6.07, 6.45) is 0.0270. The molecule has 2 amide bonds. The molecule has 1 heterocycles. The average Bonchev–Trinajstić information content (AvgIpc) is 3.00. The molecule has 0 saturated carbocycles.